The van der Waals surface area contributed by atoms with Gasteiger partial charge in [0.25, 0.3) is 0 Å². The number of rotatable bonds is 6. The number of hydrogen-bond acceptors (Lipinski definition) is 3. The van der Waals surface area contributed by atoms with Gasteiger partial charge in [-0.3, -0.25) is 0 Å². The lowest BCUT2D eigenvalue weighted by Gasteiger charge is -2.20. The van der Waals surface area contributed by atoms with Crippen LogP contribution < -0.4 is 5.32 Å². The first-order valence-electron chi connectivity index (χ1n) is 6.31. The Balaban J connectivity index is 3.01. The molecule has 1 unspecified atom stereocenters. The highest BCUT2D eigenvalue weighted by atomic mass is 32.2. The Morgan fingerprint density at radius 2 is 1.94 bits per heavy atom. The molecule has 0 spiro atoms. The van der Waals surface area contributed by atoms with Crippen molar-refractivity contribution in [2.45, 2.75) is 33.2 Å². The summed E-state index contributed by atoms with van der Waals surface area (Å²) in [5.74, 6) is 0.150. The highest BCUT2D eigenvalue weighted by Crippen LogP contribution is 2.20. The van der Waals surface area contributed by atoms with E-state index in [0.717, 1.165) is 24.1 Å². The van der Waals surface area contributed by atoms with Crippen LogP contribution in [0.25, 0.3) is 0 Å². The van der Waals surface area contributed by atoms with Crippen LogP contribution in [0.3, 0.4) is 0 Å². The molecule has 1 atom stereocenters. The van der Waals surface area contributed by atoms with Crippen molar-refractivity contribution in [1.29, 1.82) is 0 Å². The van der Waals surface area contributed by atoms with Crippen molar-refractivity contribution in [2.24, 2.45) is 0 Å². The van der Waals surface area contributed by atoms with Crippen LogP contribution in [0.15, 0.2) is 18.2 Å². The van der Waals surface area contributed by atoms with Crippen LogP contribution in [0.1, 0.15) is 36.1 Å². The second kappa shape index (κ2) is 6.34. The predicted molar refractivity (Wildman–Crippen MR) is 76.7 cm³/mol. The third-order valence-corrected chi connectivity index (χ3v) is 3.85. The molecule has 0 bridgehead atoms. The first-order valence-corrected chi connectivity index (χ1v) is 8.38. The van der Waals surface area contributed by atoms with E-state index in [4.69, 9.17) is 0 Å². The maximum atomic E-state index is 11.5. The molecule has 1 aromatic carbocycles. The Morgan fingerprint density at radius 3 is 2.44 bits per heavy atom. The Labute approximate surface area is 111 Å². The second-order valence-corrected chi connectivity index (χ2v) is 7.14. The second-order valence-electron chi connectivity index (χ2n) is 4.96. The minimum absolute atomic E-state index is 0.111. The van der Waals surface area contributed by atoms with Gasteiger partial charge in [0.05, 0.1) is 5.75 Å². The van der Waals surface area contributed by atoms with Crippen LogP contribution in [-0.2, 0) is 9.84 Å². The summed E-state index contributed by atoms with van der Waals surface area (Å²) in [6.45, 7) is 6.98. The third-order valence-electron chi connectivity index (χ3n) is 2.91. The largest absolute Gasteiger partial charge is 0.309 e. The fourth-order valence-electron chi connectivity index (χ4n) is 2.10. The van der Waals surface area contributed by atoms with E-state index in [9.17, 15) is 8.42 Å². The zero-order chi connectivity index (χ0) is 13.8. The van der Waals surface area contributed by atoms with E-state index in [2.05, 4.69) is 18.3 Å². The number of sulfone groups is 1. The van der Waals surface area contributed by atoms with Crippen molar-refractivity contribution < 1.29 is 8.42 Å². The SMILES string of the molecule is CCCNC(CS(C)(=O)=O)c1ccc(C)cc1C. The topological polar surface area (TPSA) is 46.2 Å². The molecule has 0 saturated carbocycles. The molecule has 1 rings (SSSR count). The van der Waals surface area contributed by atoms with Crippen LogP contribution in [0, 0.1) is 13.8 Å². The molecule has 1 N–H and O–H groups in total. The van der Waals surface area contributed by atoms with Gasteiger partial charge >= 0.3 is 0 Å². The molecule has 0 amide bonds. The predicted octanol–water partition coefficient (Wildman–Crippen LogP) is 2.39. The minimum atomic E-state index is -2.99. The Bertz CT molecular complexity index is 495. The Hall–Kier alpha value is -0.870. The molecule has 0 aliphatic rings. The van der Waals surface area contributed by atoms with E-state index in [1.807, 2.05) is 26.0 Å². The zero-order valence-electron chi connectivity index (χ0n) is 11.7. The van der Waals surface area contributed by atoms with Gasteiger partial charge in [0.2, 0.25) is 0 Å². The number of aryl methyl sites for hydroxylation is 2. The van der Waals surface area contributed by atoms with Crippen molar-refractivity contribution in [1.82, 2.24) is 5.32 Å². The average molecular weight is 269 g/mol. The molecule has 1 aromatic rings. The summed E-state index contributed by atoms with van der Waals surface area (Å²) >= 11 is 0. The van der Waals surface area contributed by atoms with Gasteiger partial charge in [-0.1, -0.05) is 30.7 Å². The van der Waals surface area contributed by atoms with E-state index < -0.39 is 9.84 Å². The summed E-state index contributed by atoms with van der Waals surface area (Å²) in [4.78, 5) is 0. The molecular formula is C14H23NO2S. The van der Waals surface area contributed by atoms with Crippen LogP contribution in [0.2, 0.25) is 0 Å². The maximum absolute atomic E-state index is 11.5. The molecule has 0 radical (unpaired) electrons. The fraction of sp³-hybridized carbons (Fsp3) is 0.571. The van der Waals surface area contributed by atoms with Gasteiger partial charge in [0.15, 0.2) is 0 Å². The summed E-state index contributed by atoms with van der Waals surface area (Å²) in [6.07, 6.45) is 2.28. The van der Waals surface area contributed by atoms with Gasteiger partial charge in [-0.2, -0.15) is 0 Å². The lowest BCUT2D eigenvalue weighted by molar-refractivity contribution is 0.548. The van der Waals surface area contributed by atoms with Crippen LogP contribution in [-0.4, -0.2) is 27.0 Å². The molecule has 0 aliphatic carbocycles. The third kappa shape index (κ3) is 4.78. The molecule has 0 saturated heterocycles. The van der Waals surface area contributed by atoms with Crippen molar-refractivity contribution in [3.63, 3.8) is 0 Å². The summed E-state index contributed by atoms with van der Waals surface area (Å²) in [7, 11) is -2.99. The quantitative estimate of drug-likeness (QED) is 0.862. The van der Waals surface area contributed by atoms with Gasteiger partial charge in [0, 0.05) is 12.3 Å². The van der Waals surface area contributed by atoms with E-state index in [1.165, 1.54) is 11.8 Å². The van der Waals surface area contributed by atoms with Gasteiger partial charge in [-0.15, -0.1) is 0 Å². The summed E-state index contributed by atoms with van der Waals surface area (Å²) in [6, 6.07) is 6.05. The van der Waals surface area contributed by atoms with Crippen molar-refractivity contribution in [3.05, 3.63) is 34.9 Å². The highest BCUT2D eigenvalue weighted by molar-refractivity contribution is 7.90. The first-order chi connectivity index (χ1) is 8.33. The average Bonchev–Trinajstić information content (AvgIpc) is 2.23. The highest BCUT2D eigenvalue weighted by Gasteiger charge is 2.18. The Kier molecular flexibility index (Phi) is 5.35. The lowest BCUT2D eigenvalue weighted by atomic mass is 10.00. The van der Waals surface area contributed by atoms with Crippen molar-refractivity contribution >= 4 is 9.84 Å². The molecule has 102 valence electrons. The van der Waals surface area contributed by atoms with Gasteiger partial charge in [0.1, 0.15) is 9.84 Å². The zero-order valence-corrected chi connectivity index (χ0v) is 12.5. The summed E-state index contributed by atoms with van der Waals surface area (Å²) < 4.78 is 23.0. The molecule has 0 heterocycles. The van der Waals surface area contributed by atoms with E-state index in [0.29, 0.717) is 0 Å². The summed E-state index contributed by atoms with van der Waals surface area (Å²) in [5.41, 5.74) is 3.43. The molecule has 18 heavy (non-hydrogen) atoms. The minimum Gasteiger partial charge on any atom is -0.309 e. The van der Waals surface area contributed by atoms with E-state index in [1.54, 1.807) is 0 Å². The lowest BCUT2D eigenvalue weighted by Crippen LogP contribution is -2.29. The normalized spacial score (nSPS) is 13.6. The smallest absolute Gasteiger partial charge is 0.149 e. The van der Waals surface area contributed by atoms with E-state index >= 15 is 0 Å². The summed E-state index contributed by atoms with van der Waals surface area (Å²) in [5, 5.41) is 3.32. The standard InChI is InChI=1S/C14H23NO2S/c1-5-8-15-14(10-18(4,16)17)13-7-6-11(2)9-12(13)3/h6-7,9,14-15H,5,8,10H2,1-4H3. The van der Waals surface area contributed by atoms with Crippen molar-refractivity contribution in [3.8, 4) is 0 Å². The number of nitrogens with one attached hydrogen (secondary N) is 1. The number of hydrogen-bond donors (Lipinski definition) is 1. The van der Waals surface area contributed by atoms with Crippen LogP contribution >= 0.6 is 0 Å². The molecule has 4 heteroatoms. The molecule has 0 aromatic heterocycles. The fourth-order valence-corrected chi connectivity index (χ4v) is 3.00. The van der Waals surface area contributed by atoms with Crippen LogP contribution in [0.5, 0.6) is 0 Å². The van der Waals surface area contributed by atoms with Gasteiger partial charge in [-0.05, 0) is 37.9 Å². The molecular weight excluding hydrogens is 246 g/mol. The van der Waals surface area contributed by atoms with Gasteiger partial charge in [-0.25, -0.2) is 8.42 Å². The number of benzene rings is 1. The van der Waals surface area contributed by atoms with E-state index in [-0.39, 0.29) is 11.8 Å². The molecule has 0 aliphatic heterocycles. The first kappa shape index (κ1) is 15.2. The Morgan fingerprint density at radius 1 is 1.28 bits per heavy atom. The molecule has 0 fully saturated rings. The maximum Gasteiger partial charge on any atom is 0.149 e. The van der Waals surface area contributed by atoms with Crippen LogP contribution in [0.4, 0.5) is 0 Å². The van der Waals surface area contributed by atoms with Crippen molar-refractivity contribution in [2.75, 3.05) is 18.6 Å². The van der Waals surface area contributed by atoms with Gasteiger partial charge < -0.3 is 5.32 Å². The monoisotopic (exact) mass is 269 g/mol. The molecule has 3 nitrogen and oxygen atoms in total.